The Morgan fingerprint density at radius 1 is 1.56 bits per heavy atom. The normalized spacial score (nSPS) is 10.5. The number of anilines is 1. The van der Waals surface area contributed by atoms with Crippen molar-refractivity contribution < 1.29 is 9.90 Å². The van der Waals surface area contributed by atoms with Crippen molar-refractivity contribution in [2.45, 2.75) is 22.6 Å². The highest BCUT2D eigenvalue weighted by atomic mass is 32.2. The zero-order valence-electron chi connectivity index (χ0n) is 9.58. The molecule has 2 rings (SSSR count). The van der Waals surface area contributed by atoms with Gasteiger partial charge in [-0.3, -0.25) is 0 Å². The minimum Gasteiger partial charge on any atom is -0.478 e. The van der Waals surface area contributed by atoms with Gasteiger partial charge >= 0.3 is 5.97 Å². The number of aryl methyl sites for hydroxylation is 1. The number of rotatable bonds is 4. The van der Waals surface area contributed by atoms with Crippen LogP contribution in [0.1, 0.15) is 23.1 Å². The first-order chi connectivity index (χ1) is 8.60. The molecule has 0 bridgehead atoms. The number of hydrogen-bond donors (Lipinski definition) is 2. The van der Waals surface area contributed by atoms with Gasteiger partial charge in [0.05, 0.1) is 5.56 Å². The predicted octanol–water partition coefficient (Wildman–Crippen LogP) is 2.53. The van der Waals surface area contributed by atoms with Crippen molar-refractivity contribution in [1.82, 2.24) is 9.36 Å². The predicted molar refractivity (Wildman–Crippen MR) is 71.2 cm³/mol. The zero-order chi connectivity index (χ0) is 13.1. The zero-order valence-corrected chi connectivity index (χ0v) is 11.2. The summed E-state index contributed by atoms with van der Waals surface area (Å²) >= 11 is 2.57. The molecule has 0 aliphatic rings. The van der Waals surface area contributed by atoms with Crippen LogP contribution in [-0.4, -0.2) is 20.4 Å². The van der Waals surface area contributed by atoms with E-state index in [-0.39, 0.29) is 5.56 Å². The minimum absolute atomic E-state index is 0.188. The molecule has 18 heavy (non-hydrogen) atoms. The summed E-state index contributed by atoms with van der Waals surface area (Å²) in [6, 6.07) is 4.82. The summed E-state index contributed by atoms with van der Waals surface area (Å²) in [4.78, 5) is 16.0. The molecular weight excluding hydrogens is 270 g/mol. The first-order valence-corrected chi connectivity index (χ1v) is 6.82. The molecule has 0 fully saturated rings. The van der Waals surface area contributed by atoms with Gasteiger partial charge in [-0.15, -0.1) is 0 Å². The third-order valence-electron chi connectivity index (χ3n) is 2.20. The SMILES string of the molecule is CCc1nsc(Sc2ccc(N)cc2C(=O)O)n1. The summed E-state index contributed by atoms with van der Waals surface area (Å²) in [6.45, 7) is 1.97. The molecule has 0 aliphatic heterocycles. The van der Waals surface area contributed by atoms with Gasteiger partial charge in [0.15, 0.2) is 4.34 Å². The van der Waals surface area contributed by atoms with Crippen LogP contribution in [0, 0.1) is 0 Å². The number of nitrogen functional groups attached to an aromatic ring is 1. The molecule has 0 radical (unpaired) electrons. The van der Waals surface area contributed by atoms with Crippen molar-refractivity contribution in [3.8, 4) is 0 Å². The maximum Gasteiger partial charge on any atom is 0.336 e. The van der Waals surface area contributed by atoms with Crippen LogP contribution in [-0.2, 0) is 6.42 Å². The van der Waals surface area contributed by atoms with E-state index in [0.717, 1.165) is 16.6 Å². The largest absolute Gasteiger partial charge is 0.478 e. The molecule has 0 saturated heterocycles. The third-order valence-corrected chi connectivity index (χ3v) is 4.06. The van der Waals surface area contributed by atoms with Gasteiger partial charge in [0.2, 0.25) is 0 Å². The lowest BCUT2D eigenvalue weighted by Crippen LogP contribution is -2.00. The van der Waals surface area contributed by atoms with Crippen LogP contribution < -0.4 is 5.73 Å². The van der Waals surface area contributed by atoms with Crippen LogP contribution in [0.4, 0.5) is 5.69 Å². The number of aromatic nitrogens is 2. The van der Waals surface area contributed by atoms with Gasteiger partial charge in [0.25, 0.3) is 0 Å². The van der Waals surface area contributed by atoms with Crippen LogP contribution in [0.3, 0.4) is 0 Å². The quantitative estimate of drug-likeness (QED) is 0.837. The summed E-state index contributed by atoms with van der Waals surface area (Å²) in [5.74, 6) is -0.222. The van der Waals surface area contributed by atoms with E-state index in [1.54, 1.807) is 12.1 Å². The smallest absolute Gasteiger partial charge is 0.336 e. The summed E-state index contributed by atoms with van der Waals surface area (Å²) in [5.41, 5.74) is 6.21. The number of hydrogen-bond acceptors (Lipinski definition) is 6. The maximum absolute atomic E-state index is 11.1. The molecular formula is C11H11N3O2S2. The van der Waals surface area contributed by atoms with Crippen molar-refractivity contribution in [3.63, 3.8) is 0 Å². The number of carboxylic acids is 1. The second-order valence-electron chi connectivity index (χ2n) is 3.49. The summed E-state index contributed by atoms with van der Waals surface area (Å²) in [6.07, 6.45) is 0.768. The fourth-order valence-corrected chi connectivity index (χ4v) is 3.08. The number of aromatic carboxylic acids is 1. The standard InChI is InChI=1S/C11H11N3O2S2/c1-2-9-13-11(18-14-9)17-8-4-3-6(12)5-7(8)10(15)16/h3-5H,2,12H2,1H3,(H,15,16). The van der Waals surface area contributed by atoms with E-state index in [1.807, 2.05) is 6.92 Å². The van der Waals surface area contributed by atoms with Gasteiger partial charge in [0, 0.05) is 17.0 Å². The Kier molecular flexibility index (Phi) is 3.83. The Bertz CT molecular complexity index is 583. The fraction of sp³-hybridized carbons (Fsp3) is 0.182. The molecule has 0 amide bonds. The average Bonchev–Trinajstić information content (AvgIpc) is 2.79. The molecule has 0 unspecified atom stereocenters. The number of benzene rings is 1. The van der Waals surface area contributed by atoms with E-state index in [1.165, 1.54) is 29.4 Å². The lowest BCUT2D eigenvalue weighted by Gasteiger charge is -2.04. The second kappa shape index (κ2) is 5.36. The van der Waals surface area contributed by atoms with Crippen molar-refractivity contribution in [2.75, 3.05) is 5.73 Å². The van der Waals surface area contributed by atoms with Gasteiger partial charge in [-0.05, 0) is 29.7 Å². The molecule has 1 aromatic heterocycles. The molecule has 2 aromatic rings. The first kappa shape index (κ1) is 12.8. The van der Waals surface area contributed by atoms with Gasteiger partial charge in [-0.25, -0.2) is 9.78 Å². The summed E-state index contributed by atoms with van der Waals surface area (Å²) < 4.78 is 4.90. The first-order valence-electron chi connectivity index (χ1n) is 5.23. The highest BCUT2D eigenvalue weighted by molar-refractivity contribution is 8.01. The molecule has 1 heterocycles. The number of carbonyl (C=O) groups is 1. The lowest BCUT2D eigenvalue weighted by molar-refractivity contribution is 0.0693. The average molecular weight is 281 g/mol. The fourth-order valence-electron chi connectivity index (χ4n) is 1.32. The molecule has 5 nitrogen and oxygen atoms in total. The van der Waals surface area contributed by atoms with Crippen LogP contribution in [0.25, 0.3) is 0 Å². The van der Waals surface area contributed by atoms with Crippen LogP contribution >= 0.6 is 23.3 Å². The number of nitrogens with two attached hydrogens (primary N) is 1. The summed E-state index contributed by atoms with van der Waals surface area (Å²) in [7, 11) is 0. The van der Waals surface area contributed by atoms with Gasteiger partial charge < -0.3 is 10.8 Å². The number of carboxylic acid groups (broad SMARTS) is 1. The Labute approximate surface area is 112 Å². The minimum atomic E-state index is -0.995. The van der Waals surface area contributed by atoms with Crippen molar-refractivity contribution >= 4 is 35.0 Å². The Morgan fingerprint density at radius 3 is 2.94 bits per heavy atom. The van der Waals surface area contributed by atoms with Gasteiger partial charge in [-0.1, -0.05) is 18.7 Å². The third kappa shape index (κ3) is 2.80. The van der Waals surface area contributed by atoms with E-state index in [9.17, 15) is 4.79 Å². The lowest BCUT2D eigenvalue weighted by atomic mass is 10.2. The van der Waals surface area contributed by atoms with Crippen molar-refractivity contribution in [3.05, 3.63) is 29.6 Å². The molecule has 1 aromatic carbocycles. The van der Waals surface area contributed by atoms with Gasteiger partial charge in [-0.2, -0.15) is 4.37 Å². The molecule has 0 aliphatic carbocycles. The Morgan fingerprint density at radius 2 is 2.33 bits per heavy atom. The number of nitrogens with zero attached hydrogens (tertiary/aromatic N) is 2. The molecule has 0 spiro atoms. The van der Waals surface area contributed by atoms with E-state index in [4.69, 9.17) is 10.8 Å². The van der Waals surface area contributed by atoms with E-state index >= 15 is 0 Å². The van der Waals surface area contributed by atoms with Crippen LogP contribution in [0.2, 0.25) is 0 Å². The summed E-state index contributed by atoms with van der Waals surface area (Å²) in [5, 5.41) is 9.12. The van der Waals surface area contributed by atoms with Gasteiger partial charge in [0.1, 0.15) is 5.82 Å². The molecule has 3 N–H and O–H groups in total. The second-order valence-corrected chi connectivity index (χ2v) is 5.53. The molecule has 0 atom stereocenters. The van der Waals surface area contributed by atoms with Crippen LogP contribution in [0.15, 0.2) is 27.4 Å². The Balaban J connectivity index is 2.30. The maximum atomic E-state index is 11.1. The van der Waals surface area contributed by atoms with E-state index in [2.05, 4.69) is 9.36 Å². The Hall–Kier alpha value is -1.60. The monoisotopic (exact) mass is 281 g/mol. The molecule has 94 valence electrons. The van der Waals surface area contributed by atoms with Crippen LogP contribution in [0.5, 0.6) is 0 Å². The van der Waals surface area contributed by atoms with E-state index in [0.29, 0.717) is 10.6 Å². The topological polar surface area (TPSA) is 89.1 Å². The van der Waals surface area contributed by atoms with Crippen molar-refractivity contribution in [2.24, 2.45) is 0 Å². The molecule has 0 saturated carbocycles. The highest BCUT2D eigenvalue weighted by Gasteiger charge is 2.13. The van der Waals surface area contributed by atoms with Crippen molar-refractivity contribution in [1.29, 1.82) is 0 Å². The highest BCUT2D eigenvalue weighted by Crippen LogP contribution is 2.32. The molecule has 7 heteroatoms. The van der Waals surface area contributed by atoms with E-state index < -0.39 is 5.97 Å².